The van der Waals surface area contributed by atoms with Gasteiger partial charge in [-0.05, 0) is 18.6 Å². The van der Waals surface area contributed by atoms with Crippen LogP contribution >= 0.6 is 0 Å². The van der Waals surface area contributed by atoms with Crippen LogP contribution in [0.2, 0.25) is 0 Å². The molecule has 4 nitrogen and oxygen atoms in total. The largest absolute Gasteiger partial charge is 0.426 e. The first kappa shape index (κ1) is 11.4. The maximum Gasteiger partial charge on any atom is 0.426 e. The first-order chi connectivity index (χ1) is 8.15. The van der Waals surface area contributed by atoms with Crippen LogP contribution in [-0.4, -0.2) is 10.5 Å². The van der Waals surface area contributed by atoms with Crippen LogP contribution in [0.15, 0.2) is 46.1 Å². The van der Waals surface area contributed by atoms with Gasteiger partial charge in [-0.1, -0.05) is 25.1 Å². The van der Waals surface area contributed by atoms with E-state index in [0.717, 1.165) is 4.57 Å². The molecule has 88 valence electrons. The quantitative estimate of drug-likeness (QED) is 0.762. The lowest BCUT2D eigenvalue weighted by molar-refractivity contribution is 0.0842. The van der Waals surface area contributed by atoms with Crippen LogP contribution < -0.4 is 5.76 Å². The Morgan fingerprint density at radius 2 is 2.24 bits per heavy atom. The van der Waals surface area contributed by atoms with Gasteiger partial charge in [0.25, 0.3) is 0 Å². The van der Waals surface area contributed by atoms with Gasteiger partial charge >= 0.3 is 5.76 Å². The van der Waals surface area contributed by atoms with E-state index in [0.29, 0.717) is 17.5 Å². The predicted molar refractivity (Wildman–Crippen MR) is 65.1 cm³/mol. The second kappa shape index (κ2) is 4.41. The highest BCUT2D eigenvalue weighted by Crippen LogP contribution is 2.14. The number of oxazole rings is 1. The third-order valence-corrected chi connectivity index (χ3v) is 2.65. The number of carbonyl (C=O) groups is 1. The molecule has 0 radical (unpaired) electrons. The average molecular weight is 231 g/mol. The number of fused-ring (bicyclic) bond motifs is 1. The number of aromatic nitrogens is 1. The average Bonchev–Trinajstić information content (AvgIpc) is 2.64. The molecule has 0 aliphatic rings. The van der Waals surface area contributed by atoms with E-state index < -0.39 is 5.76 Å². The summed E-state index contributed by atoms with van der Waals surface area (Å²) in [6, 6.07) is 6.88. The maximum atomic E-state index is 12.1. The fourth-order valence-corrected chi connectivity index (χ4v) is 1.75. The number of para-hydroxylation sites is 2. The minimum absolute atomic E-state index is 0.264. The minimum atomic E-state index is -0.632. The molecule has 0 saturated heterocycles. The Morgan fingerprint density at radius 3 is 2.94 bits per heavy atom. The normalized spacial score (nSPS) is 12.5. The lowest BCUT2D eigenvalue weighted by atomic mass is 10.1. The topological polar surface area (TPSA) is 52.2 Å². The SMILES string of the molecule is C=CC[C@H](C)C(=O)n1c(=O)oc2ccccc21. The van der Waals surface area contributed by atoms with Crippen LogP contribution in [0.4, 0.5) is 0 Å². The Morgan fingerprint density at radius 1 is 1.53 bits per heavy atom. The molecule has 0 N–H and O–H groups in total. The van der Waals surface area contributed by atoms with E-state index >= 15 is 0 Å². The molecular formula is C13H13NO3. The van der Waals surface area contributed by atoms with Gasteiger partial charge in [0.15, 0.2) is 5.58 Å². The van der Waals surface area contributed by atoms with Crippen molar-refractivity contribution >= 4 is 17.0 Å². The van der Waals surface area contributed by atoms with Crippen LogP contribution in [0.5, 0.6) is 0 Å². The maximum absolute atomic E-state index is 12.1. The fraction of sp³-hybridized carbons (Fsp3) is 0.231. The zero-order chi connectivity index (χ0) is 12.4. The minimum Gasteiger partial charge on any atom is -0.407 e. The summed E-state index contributed by atoms with van der Waals surface area (Å²) in [6.45, 7) is 5.35. The smallest absolute Gasteiger partial charge is 0.407 e. The van der Waals surface area contributed by atoms with Gasteiger partial charge < -0.3 is 4.42 Å². The Bertz CT molecular complexity index is 621. The molecule has 0 spiro atoms. The summed E-state index contributed by atoms with van der Waals surface area (Å²) in [5.74, 6) is -1.18. The highest BCUT2D eigenvalue weighted by Gasteiger charge is 2.20. The summed E-state index contributed by atoms with van der Waals surface area (Å²) in [6.07, 6.45) is 2.20. The Balaban J connectivity index is 2.55. The van der Waals surface area contributed by atoms with Crippen molar-refractivity contribution in [2.45, 2.75) is 13.3 Å². The molecule has 1 atom stereocenters. The number of allylic oxidation sites excluding steroid dienone is 1. The van der Waals surface area contributed by atoms with E-state index in [1.165, 1.54) is 0 Å². The van der Waals surface area contributed by atoms with Crippen molar-refractivity contribution < 1.29 is 9.21 Å². The number of nitrogens with zero attached hydrogens (tertiary/aromatic N) is 1. The van der Waals surface area contributed by atoms with Crippen molar-refractivity contribution in [3.05, 3.63) is 47.5 Å². The fourth-order valence-electron chi connectivity index (χ4n) is 1.75. The molecule has 1 aromatic carbocycles. The molecule has 0 bridgehead atoms. The molecule has 17 heavy (non-hydrogen) atoms. The molecule has 0 aliphatic carbocycles. The van der Waals surface area contributed by atoms with Gasteiger partial charge in [-0.3, -0.25) is 4.79 Å². The van der Waals surface area contributed by atoms with Crippen molar-refractivity contribution in [3.8, 4) is 0 Å². The van der Waals surface area contributed by atoms with Gasteiger partial charge in [-0.2, -0.15) is 0 Å². The van der Waals surface area contributed by atoms with E-state index in [1.54, 1.807) is 37.3 Å². The number of hydrogen-bond donors (Lipinski definition) is 0. The highest BCUT2D eigenvalue weighted by molar-refractivity contribution is 5.90. The molecule has 0 amide bonds. The number of carbonyl (C=O) groups excluding carboxylic acids is 1. The molecule has 1 heterocycles. The van der Waals surface area contributed by atoms with Crippen LogP contribution in [0, 0.1) is 5.92 Å². The Kier molecular flexibility index (Phi) is 2.95. The van der Waals surface area contributed by atoms with Crippen molar-refractivity contribution in [3.63, 3.8) is 0 Å². The summed E-state index contributed by atoms with van der Waals surface area (Å²) >= 11 is 0. The lowest BCUT2D eigenvalue weighted by Gasteiger charge is -2.07. The van der Waals surface area contributed by atoms with E-state index in [9.17, 15) is 9.59 Å². The Hall–Kier alpha value is -2.10. The standard InChI is InChI=1S/C13H13NO3/c1-3-6-9(2)12(15)14-10-7-4-5-8-11(10)17-13(14)16/h3-5,7-9H,1,6H2,2H3/t9-/m0/s1. The van der Waals surface area contributed by atoms with Crippen molar-refractivity contribution in [2.75, 3.05) is 0 Å². The summed E-state index contributed by atoms with van der Waals surface area (Å²) in [5, 5.41) is 0. The molecule has 2 rings (SSSR count). The molecule has 0 saturated carbocycles. The monoisotopic (exact) mass is 231 g/mol. The molecule has 0 aliphatic heterocycles. The lowest BCUT2D eigenvalue weighted by Crippen LogP contribution is -2.27. The van der Waals surface area contributed by atoms with E-state index in [4.69, 9.17) is 4.42 Å². The van der Waals surface area contributed by atoms with Gasteiger partial charge in [-0.15, -0.1) is 6.58 Å². The van der Waals surface area contributed by atoms with Gasteiger partial charge in [0.1, 0.15) is 0 Å². The first-order valence-corrected chi connectivity index (χ1v) is 5.41. The third kappa shape index (κ3) is 1.93. The van der Waals surface area contributed by atoms with Gasteiger partial charge in [-0.25, -0.2) is 9.36 Å². The van der Waals surface area contributed by atoms with Crippen LogP contribution in [0.3, 0.4) is 0 Å². The zero-order valence-corrected chi connectivity index (χ0v) is 9.55. The van der Waals surface area contributed by atoms with Gasteiger partial charge in [0.05, 0.1) is 5.52 Å². The van der Waals surface area contributed by atoms with Gasteiger partial charge in [0, 0.05) is 5.92 Å². The zero-order valence-electron chi connectivity index (χ0n) is 9.55. The first-order valence-electron chi connectivity index (χ1n) is 5.41. The van der Waals surface area contributed by atoms with E-state index in [-0.39, 0.29) is 11.8 Å². The van der Waals surface area contributed by atoms with Crippen molar-refractivity contribution in [1.29, 1.82) is 0 Å². The summed E-state index contributed by atoms with van der Waals surface area (Å²) in [5.41, 5.74) is 0.940. The molecule has 0 unspecified atom stereocenters. The summed E-state index contributed by atoms with van der Waals surface area (Å²) in [4.78, 5) is 23.7. The molecule has 2 aromatic rings. The van der Waals surface area contributed by atoms with Crippen molar-refractivity contribution in [2.24, 2.45) is 5.92 Å². The highest BCUT2D eigenvalue weighted by atomic mass is 16.4. The van der Waals surface area contributed by atoms with Gasteiger partial charge in [0.2, 0.25) is 5.91 Å². The summed E-state index contributed by atoms with van der Waals surface area (Å²) in [7, 11) is 0. The molecule has 1 aromatic heterocycles. The second-order valence-electron chi connectivity index (χ2n) is 3.93. The third-order valence-electron chi connectivity index (χ3n) is 2.65. The second-order valence-corrected chi connectivity index (χ2v) is 3.93. The van der Waals surface area contributed by atoms with Crippen LogP contribution in [0.25, 0.3) is 11.1 Å². The summed E-state index contributed by atoms with van der Waals surface area (Å²) < 4.78 is 6.10. The van der Waals surface area contributed by atoms with Crippen molar-refractivity contribution in [1.82, 2.24) is 4.57 Å². The number of hydrogen-bond acceptors (Lipinski definition) is 3. The Labute approximate surface area is 98.2 Å². The molecular weight excluding hydrogens is 218 g/mol. The van der Waals surface area contributed by atoms with E-state index in [2.05, 4.69) is 6.58 Å². The molecule has 0 fully saturated rings. The predicted octanol–water partition coefficient (Wildman–Crippen LogP) is 2.45. The van der Waals surface area contributed by atoms with Crippen LogP contribution in [-0.2, 0) is 0 Å². The van der Waals surface area contributed by atoms with Crippen LogP contribution in [0.1, 0.15) is 18.1 Å². The molecule has 4 heteroatoms. The van der Waals surface area contributed by atoms with E-state index in [1.807, 2.05) is 0 Å². The number of rotatable bonds is 3. The number of benzene rings is 1.